The van der Waals surface area contributed by atoms with Crippen molar-refractivity contribution in [3.05, 3.63) is 0 Å². The molecule has 108 valence electrons. The molecule has 1 fully saturated rings. The van der Waals surface area contributed by atoms with E-state index < -0.39 is 0 Å². The van der Waals surface area contributed by atoms with E-state index in [9.17, 15) is 0 Å². The molecule has 0 aromatic heterocycles. The minimum atomic E-state index is 0.308. The SMILES string of the molecule is CCCCCCNC1CC(C)(C)N(C)C(C)(C)C1. The van der Waals surface area contributed by atoms with Crippen LogP contribution in [0.1, 0.15) is 73.1 Å². The Morgan fingerprint density at radius 3 is 2.06 bits per heavy atom. The van der Waals surface area contributed by atoms with Crippen molar-refractivity contribution in [1.29, 1.82) is 0 Å². The number of likely N-dealkylation sites (tertiary alicyclic amines) is 1. The highest BCUT2D eigenvalue weighted by Gasteiger charge is 2.42. The predicted molar refractivity (Wildman–Crippen MR) is 81.1 cm³/mol. The van der Waals surface area contributed by atoms with Crippen molar-refractivity contribution in [3.63, 3.8) is 0 Å². The summed E-state index contributed by atoms with van der Waals surface area (Å²) in [6.45, 7) is 13.0. The molecule has 1 aliphatic heterocycles. The lowest BCUT2D eigenvalue weighted by atomic mass is 9.77. The van der Waals surface area contributed by atoms with E-state index in [1.54, 1.807) is 0 Å². The van der Waals surface area contributed by atoms with E-state index in [1.807, 2.05) is 0 Å². The zero-order valence-corrected chi connectivity index (χ0v) is 13.5. The van der Waals surface area contributed by atoms with E-state index in [4.69, 9.17) is 0 Å². The second kappa shape index (κ2) is 6.38. The fraction of sp³-hybridized carbons (Fsp3) is 1.00. The maximum Gasteiger partial charge on any atom is 0.0170 e. The normalized spacial score (nSPS) is 24.3. The largest absolute Gasteiger partial charge is 0.314 e. The van der Waals surface area contributed by atoms with Crippen LogP contribution < -0.4 is 5.32 Å². The van der Waals surface area contributed by atoms with Crippen molar-refractivity contribution in [2.75, 3.05) is 13.6 Å². The van der Waals surface area contributed by atoms with Crippen molar-refractivity contribution in [2.45, 2.75) is 90.3 Å². The molecule has 1 heterocycles. The molecule has 1 N–H and O–H groups in total. The van der Waals surface area contributed by atoms with Gasteiger partial charge in [0.2, 0.25) is 0 Å². The van der Waals surface area contributed by atoms with Gasteiger partial charge in [-0.1, -0.05) is 26.2 Å². The molecule has 0 unspecified atom stereocenters. The van der Waals surface area contributed by atoms with Gasteiger partial charge in [-0.05, 0) is 60.5 Å². The van der Waals surface area contributed by atoms with Crippen LogP contribution in [0.15, 0.2) is 0 Å². The fourth-order valence-electron chi connectivity index (χ4n) is 3.37. The second-order valence-electron chi connectivity index (χ2n) is 7.30. The summed E-state index contributed by atoms with van der Waals surface area (Å²) in [6.07, 6.45) is 7.95. The Hall–Kier alpha value is -0.0800. The van der Waals surface area contributed by atoms with Gasteiger partial charge >= 0.3 is 0 Å². The van der Waals surface area contributed by atoms with E-state index in [2.05, 4.69) is 51.9 Å². The molecule has 18 heavy (non-hydrogen) atoms. The number of hydrogen-bond acceptors (Lipinski definition) is 2. The summed E-state index contributed by atoms with van der Waals surface area (Å²) in [4.78, 5) is 2.55. The van der Waals surface area contributed by atoms with E-state index >= 15 is 0 Å². The van der Waals surface area contributed by atoms with Gasteiger partial charge in [0.15, 0.2) is 0 Å². The number of hydrogen-bond donors (Lipinski definition) is 1. The Morgan fingerprint density at radius 1 is 1.00 bits per heavy atom. The van der Waals surface area contributed by atoms with Crippen LogP contribution in [0, 0.1) is 0 Å². The number of rotatable bonds is 6. The van der Waals surface area contributed by atoms with Gasteiger partial charge < -0.3 is 5.32 Å². The molecular formula is C16H34N2. The highest BCUT2D eigenvalue weighted by Crippen LogP contribution is 2.36. The maximum atomic E-state index is 3.79. The van der Waals surface area contributed by atoms with E-state index in [0.29, 0.717) is 17.1 Å². The Kier molecular flexibility index (Phi) is 5.67. The summed E-state index contributed by atoms with van der Waals surface area (Å²) < 4.78 is 0. The van der Waals surface area contributed by atoms with Gasteiger partial charge in [0.05, 0.1) is 0 Å². The molecule has 0 aliphatic carbocycles. The van der Waals surface area contributed by atoms with Crippen molar-refractivity contribution < 1.29 is 0 Å². The van der Waals surface area contributed by atoms with Crippen molar-refractivity contribution in [3.8, 4) is 0 Å². The van der Waals surface area contributed by atoms with Gasteiger partial charge in [-0.15, -0.1) is 0 Å². The quantitative estimate of drug-likeness (QED) is 0.725. The standard InChI is InChI=1S/C16H34N2/c1-7-8-9-10-11-17-14-12-15(2,3)18(6)16(4,5)13-14/h14,17H,7-13H2,1-6H3. The van der Waals surface area contributed by atoms with Crippen LogP contribution in [-0.4, -0.2) is 35.6 Å². The zero-order chi connectivity index (χ0) is 13.8. The summed E-state index contributed by atoms with van der Waals surface area (Å²) in [5, 5.41) is 3.79. The average molecular weight is 254 g/mol. The van der Waals surface area contributed by atoms with Gasteiger partial charge in [-0.25, -0.2) is 0 Å². The highest BCUT2D eigenvalue weighted by molar-refractivity contribution is 5.00. The Labute approximate surface area is 115 Å². The highest BCUT2D eigenvalue weighted by atomic mass is 15.2. The zero-order valence-electron chi connectivity index (χ0n) is 13.5. The first-order chi connectivity index (χ1) is 8.29. The van der Waals surface area contributed by atoms with Crippen LogP contribution in [0.2, 0.25) is 0 Å². The molecule has 0 amide bonds. The van der Waals surface area contributed by atoms with Gasteiger partial charge in [-0.3, -0.25) is 4.90 Å². The average Bonchev–Trinajstić information content (AvgIpc) is 2.25. The topological polar surface area (TPSA) is 15.3 Å². The van der Waals surface area contributed by atoms with E-state index in [1.165, 1.54) is 45.1 Å². The van der Waals surface area contributed by atoms with Crippen LogP contribution in [0.5, 0.6) is 0 Å². The van der Waals surface area contributed by atoms with Crippen molar-refractivity contribution in [2.24, 2.45) is 0 Å². The van der Waals surface area contributed by atoms with Gasteiger partial charge in [0.25, 0.3) is 0 Å². The molecule has 0 aromatic rings. The van der Waals surface area contributed by atoms with E-state index in [-0.39, 0.29) is 0 Å². The Morgan fingerprint density at radius 2 is 1.56 bits per heavy atom. The van der Waals surface area contributed by atoms with Crippen LogP contribution in [0.4, 0.5) is 0 Å². The lowest BCUT2D eigenvalue weighted by molar-refractivity contribution is -0.0180. The van der Waals surface area contributed by atoms with Crippen LogP contribution in [-0.2, 0) is 0 Å². The molecule has 0 saturated carbocycles. The smallest absolute Gasteiger partial charge is 0.0170 e. The van der Waals surface area contributed by atoms with Crippen molar-refractivity contribution >= 4 is 0 Å². The minimum absolute atomic E-state index is 0.308. The number of piperidine rings is 1. The summed E-state index contributed by atoms with van der Waals surface area (Å²) in [6, 6.07) is 0.688. The third-order valence-electron chi connectivity index (χ3n) is 4.77. The lowest BCUT2D eigenvalue weighted by Crippen LogP contribution is -2.62. The molecular weight excluding hydrogens is 220 g/mol. The Balaban J connectivity index is 2.39. The summed E-state index contributed by atoms with van der Waals surface area (Å²) in [5.41, 5.74) is 0.617. The molecule has 0 aromatic carbocycles. The lowest BCUT2D eigenvalue weighted by Gasteiger charge is -2.53. The van der Waals surface area contributed by atoms with E-state index in [0.717, 1.165) is 0 Å². The molecule has 0 spiro atoms. The summed E-state index contributed by atoms with van der Waals surface area (Å²) in [5.74, 6) is 0. The molecule has 1 saturated heterocycles. The van der Waals surface area contributed by atoms with Crippen LogP contribution in [0.3, 0.4) is 0 Å². The third kappa shape index (κ3) is 4.24. The molecule has 1 aliphatic rings. The first-order valence-electron chi connectivity index (χ1n) is 7.77. The summed E-state index contributed by atoms with van der Waals surface area (Å²) >= 11 is 0. The minimum Gasteiger partial charge on any atom is -0.314 e. The first-order valence-corrected chi connectivity index (χ1v) is 7.77. The fourth-order valence-corrected chi connectivity index (χ4v) is 3.37. The Bertz CT molecular complexity index is 227. The molecule has 2 nitrogen and oxygen atoms in total. The second-order valence-corrected chi connectivity index (χ2v) is 7.30. The molecule has 0 bridgehead atoms. The van der Waals surface area contributed by atoms with Crippen LogP contribution in [0.25, 0.3) is 0 Å². The van der Waals surface area contributed by atoms with Gasteiger partial charge in [0.1, 0.15) is 0 Å². The molecule has 2 heteroatoms. The maximum absolute atomic E-state index is 3.79. The number of nitrogens with zero attached hydrogens (tertiary/aromatic N) is 1. The van der Waals surface area contributed by atoms with Crippen molar-refractivity contribution in [1.82, 2.24) is 10.2 Å². The van der Waals surface area contributed by atoms with Crippen LogP contribution >= 0.6 is 0 Å². The number of nitrogens with one attached hydrogen (secondary N) is 1. The molecule has 0 atom stereocenters. The predicted octanol–water partition coefficient (Wildman–Crippen LogP) is 3.81. The third-order valence-corrected chi connectivity index (χ3v) is 4.77. The molecule has 1 rings (SSSR count). The molecule has 0 radical (unpaired) electrons. The van der Waals surface area contributed by atoms with Gasteiger partial charge in [0, 0.05) is 17.1 Å². The summed E-state index contributed by atoms with van der Waals surface area (Å²) in [7, 11) is 2.28. The monoisotopic (exact) mass is 254 g/mol. The number of unbranched alkanes of at least 4 members (excludes halogenated alkanes) is 3. The van der Waals surface area contributed by atoms with Gasteiger partial charge in [-0.2, -0.15) is 0 Å². The first kappa shape index (κ1) is 16.0.